The third-order valence-electron chi connectivity index (χ3n) is 5.67. The van der Waals surface area contributed by atoms with Crippen LogP contribution in [-0.2, 0) is 0 Å². The van der Waals surface area contributed by atoms with E-state index >= 15 is 0 Å². The van der Waals surface area contributed by atoms with Crippen molar-refractivity contribution in [3.8, 4) is 33.8 Å². The number of halogens is 4. The monoisotopic (exact) mass is 435 g/mol. The van der Waals surface area contributed by atoms with Gasteiger partial charge in [-0.2, -0.15) is 0 Å². The third kappa shape index (κ3) is 3.38. The van der Waals surface area contributed by atoms with Crippen LogP contribution in [0.4, 0.5) is 28.9 Å². The Labute approximate surface area is 182 Å². The van der Waals surface area contributed by atoms with Crippen molar-refractivity contribution in [2.45, 2.75) is 6.92 Å². The molecule has 0 saturated heterocycles. The number of benzene rings is 4. The fraction of sp³-hybridized carbons (Fsp3) is 0.0769. The fourth-order valence-corrected chi connectivity index (χ4v) is 3.87. The largest absolute Gasteiger partial charge is 0.453 e. The summed E-state index contributed by atoms with van der Waals surface area (Å²) in [6.07, 6.45) is 0. The van der Waals surface area contributed by atoms with Gasteiger partial charge >= 0.3 is 0 Å². The van der Waals surface area contributed by atoms with Crippen LogP contribution in [0.3, 0.4) is 0 Å². The summed E-state index contributed by atoms with van der Waals surface area (Å²) in [5.74, 6) is -1.37. The molecule has 0 saturated carbocycles. The number of fused-ring (bicyclic) bond motifs is 2. The van der Waals surface area contributed by atoms with Crippen molar-refractivity contribution in [1.82, 2.24) is 0 Å². The van der Waals surface area contributed by atoms with Gasteiger partial charge in [0.25, 0.3) is 0 Å². The van der Waals surface area contributed by atoms with Gasteiger partial charge in [0.05, 0.1) is 11.4 Å². The van der Waals surface area contributed by atoms with E-state index in [9.17, 15) is 17.6 Å². The molecule has 0 unspecified atom stereocenters. The van der Waals surface area contributed by atoms with Gasteiger partial charge in [0.1, 0.15) is 23.3 Å². The van der Waals surface area contributed by atoms with Crippen LogP contribution < -0.4 is 9.64 Å². The Balaban J connectivity index is 1.57. The van der Waals surface area contributed by atoms with Crippen molar-refractivity contribution in [3.63, 3.8) is 0 Å². The molecule has 0 N–H and O–H groups in total. The molecule has 32 heavy (non-hydrogen) atoms. The van der Waals surface area contributed by atoms with Crippen LogP contribution in [0.2, 0.25) is 0 Å². The Hall–Kier alpha value is -3.80. The summed E-state index contributed by atoms with van der Waals surface area (Å²) < 4.78 is 61.5. The highest BCUT2D eigenvalue weighted by molar-refractivity contribution is 5.84. The Morgan fingerprint density at radius 1 is 0.594 bits per heavy atom. The highest BCUT2D eigenvalue weighted by Crippen LogP contribution is 2.48. The highest BCUT2D eigenvalue weighted by Gasteiger charge is 2.23. The second-order valence-electron chi connectivity index (χ2n) is 7.75. The van der Waals surface area contributed by atoms with E-state index in [1.54, 1.807) is 36.4 Å². The first-order valence-corrected chi connectivity index (χ1v) is 9.92. The maximum atomic E-state index is 14.1. The number of rotatable bonds is 2. The summed E-state index contributed by atoms with van der Waals surface area (Å²) in [5.41, 5.74) is 3.43. The predicted octanol–water partition coefficient (Wildman–Crippen LogP) is 7.76. The van der Waals surface area contributed by atoms with Crippen molar-refractivity contribution >= 4 is 11.4 Å². The molecule has 0 atom stereocenters. The first kappa shape index (κ1) is 20.1. The molecule has 6 heteroatoms. The van der Waals surface area contributed by atoms with Gasteiger partial charge in [-0.25, -0.2) is 17.6 Å². The van der Waals surface area contributed by atoms with Gasteiger partial charge in [0.2, 0.25) is 0 Å². The Morgan fingerprint density at radius 2 is 1.06 bits per heavy atom. The zero-order chi connectivity index (χ0) is 22.6. The number of hydrogen-bond donors (Lipinski definition) is 0. The minimum Gasteiger partial charge on any atom is -0.453 e. The molecule has 0 aliphatic carbocycles. The van der Waals surface area contributed by atoms with Gasteiger partial charge in [-0.3, -0.25) is 0 Å². The SMILES string of the molecule is Cc1c(F)cc(-c2ccc3c(c2)N(C)c2cc(-c4cc(F)cc(F)c4)ccc2O3)cc1F. The van der Waals surface area contributed by atoms with Crippen LogP contribution in [0.15, 0.2) is 66.7 Å². The Kier molecular flexibility index (Phi) is 4.66. The predicted molar refractivity (Wildman–Crippen MR) is 116 cm³/mol. The number of anilines is 2. The minimum absolute atomic E-state index is 0.0256. The first-order valence-electron chi connectivity index (χ1n) is 9.92. The van der Waals surface area contributed by atoms with E-state index in [2.05, 4.69) is 0 Å². The molecule has 1 heterocycles. The van der Waals surface area contributed by atoms with E-state index in [0.29, 0.717) is 45.1 Å². The molecule has 4 aromatic carbocycles. The quantitative estimate of drug-likeness (QED) is 0.298. The number of nitrogens with zero attached hydrogens (tertiary/aromatic N) is 1. The first-order chi connectivity index (χ1) is 15.3. The molecule has 160 valence electrons. The summed E-state index contributed by atoms with van der Waals surface area (Å²) in [4.78, 5) is 1.87. The molecular formula is C26H17F4NO. The molecule has 0 fully saturated rings. The zero-order valence-corrected chi connectivity index (χ0v) is 17.2. The Morgan fingerprint density at radius 3 is 1.56 bits per heavy atom. The van der Waals surface area contributed by atoms with E-state index in [0.717, 1.165) is 6.07 Å². The second-order valence-corrected chi connectivity index (χ2v) is 7.75. The smallest absolute Gasteiger partial charge is 0.151 e. The van der Waals surface area contributed by atoms with Gasteiger partial charge in [-0.15, -0.1) is 0 Å². The van der Waals surface area contributed by atoms with Crippen molar-refractivity contribution in [1.29, 1.82) is 0 Å². The van der Waals surface area contributed by atoms with Gasteiger partial charge in [0.15, 0.2) is 11.5 Å². The van der Waals surface area contributed by atoms with E-state index in [1.807, 2.05) is 11.9 Å². The van der Waals surface area contributed by atoms with E-state index < -0.39 is 23.3 Å². The normalized spacial score (nSPS) is 12.2. The molecule has 4 aromatic rings. The van der Waals surface area contributed by atoms with Gasteiger partial charge in [-0.1, -0.05) is 12.1 Å². The molecular weight excluding hydrogens is 418 g/mol. The minimum atomic E-state index is -0.658. The van der Waals surface area contributed by atoms with Crippen LogP contribution >= 0.6 is 0 Å². The number of ether oxygens (including phenoxy) is 1. The lowest BCUT2D eigenvalue weighted by Gasteiger charge is -2.30. The molecule has 0 bridgehead atoms. The fourth-order valence-electron chi connectivity index (χ4n) is 3.87. The van der Waals surface area contributed by atoms with Crippen molar-refractivity contribution < 1.29 is 22.3 Å². The summed E-state index contributed by atoms with van der Waals surface area (Å²) in [6, 6.07) is 16.5. The second kappa shape index (κ2) is 7.41. The van der Waals surface area contributed by atoms with Gasteiger partial charge in [-0.05, 0) is 77.7 Å². The van der Waals surface area contributed by atoms with Crippen molar-refractivity contribution in [2.24, 2.45) is 0 Å². The number of hydrogen-bond acceptors (Lipinski definition) is 2. The highest BCUT2D eigenvalue weighted by atomic mass is 19.1. The van der Waals surface area contributed by atoms with Gasteiger partial charge in [0, 0.05) is 18.7 Å². The molecule has 1 aliphatic rings. The maximum Gasteiger partial charge on any atom is 0.151 e. The lowest BCUT2D eigenvalue weighted by molar-refractivity contribution is 0.475. The van der Waals surface area contributed by atoms with Crippen LogP contribution in [0, 0.1) is 30.2 Å². The third-order valence-corrected chi connectivity index (χ3v) is 5.67. The lowest BCUT2D eigenvalue weighted by Crippen LogP contribution is -2.15. The summed E-state index contributed by atoms with van der Waals surface area (Å²) in [5, 5.41) is 0. The lowest BCUT2D eigenvalue weighted by atomic mass is 10.0. The molecule has 0 radical (unpaired) electrons. The molecule has 0 spiro atoms. The van der Waals surface area contributed by atoms with Crippen molar-refractivity contribution in [2.75, 3.05) is 11.9 Å². The van der Waals surface area contributed by atoms with Crippen LogP contribution in [0.25, 0.3) is 22.3 Å². The molecule has 0 amide bonds. The molecule has 5 rings (SSSR count). The molecule has 2 nitrogen and oxygen atoms in total. The summed E-state index contributed by atoms with van der Waals surface area (Å²) in [7, 11) is 1.83. The molecule has 1 aliphatic heterocycles. The van der Waals surface area contributed by atoms with Crippen LogP contribution in [-0.4, -0.2) is 7.05 Å². The topological polar surface area (TPSA) is 12.5 Å². The molecule has 0 aromatic heterocycles. The van der Waals surface area contributed by atoms with Crippen LogP contribution in [0.1, 0.15) is 5.56 Å². The average Bonchev–Trinajstić information content (AvgIpc) is 2.76. The van der Waals surface area contributed by atoms with E-state index in [-0.39, 0.29) is 5.56 Å². The average molecular weight is 435 g/mol. The van der Waals surface area contributed by atoms with E-state index in [4.69, 9.17) is 4.74 Å². The Bertz CT molecular complexity index is 1340. The standard InChI is InChI=1S/C26H17F4NO/c1-14-21(29)9-18(10-22(14)30)16-4-6-26-24(12-16)31(2)23-11-15(3-5-25(23)32-26)17-7-19(27)13-20(28)8-17/h3-13H,1-2H3. The van der Waals surface area contributed by atoms with Crippen LogP contribution in [0.5, 0.6) is 11.5 Å². The van der Waals surface area contributed by atoms with Crippen molar-refractivity contribution in [3.05, 3.63) is 95.6 Å². The zero-order valence-electron chi connectivity index (χ0n) is 17.2. The summed E-state index contributed by atoms with van der Waals surface area (Å²) in [6.45, 7) is 1.39. The van der Waals surface area contributed by atoms with Gasteiger partial charge < -0.3 is 9.64 Å². The summed E-state index contributed by atoms with van der Waals surface area (Å²) >= 11 is 0. The maximum absolute atomic E-state index is 14.1. The van der Waals surface area contributed by atoms with E-state index in [1.165, 1.54) is 31.2 Å².